The third-order valence-corrected chi connectivity index (χ3v) is 4.47. The number of thioether (sulfide) groups is 1. The number of anilines is 1. The molecule has 126 valence electrons. The molecular weight excluding hydrogens is 316 g/mol. The van der Waals surface area contributed by atoms with E-state index in [4.69, 9.17) is 9.05 Å². The number of amides is 1. The molecule has 2 atom stereocenters. The van der Waals surface area contributed by atoms with Crippen LogP contribution >= 0.6 is 11.8 Å². The summed E-state index contributed by atoms with van der Waals surface area (Å²) < 4.78 is 10.3. The van der Waals surface area contributed by atoms with Crippen LogP contribution in [0.15, 0.2) is 15.1 Å². The molecule has 0 saturated heterocycles. The minimum Gasteiger partial charge on any atom is -0.338 e. The lowest BCUT2D eigenvalue weighted by Crippen LogP contribution is -2.22. The Kier molecular flexibility index (Phi) is 6.20. The minimum atomic E-state index is -0.290. The average Bonchev–Trinajstić information content (AvgIpc) is 3.14. The van der Waals surface area contributed by atoms with E-state index in [1.54, 1.807) is 13.0 Å². The molecule has 1 amide bonds. The summed E-state index contributed by atoms with van der Waals surface area (Å²) in [5.74, 6) is 1.48. The maximum atomic E-state index is 12.1. The van der Waals surface area contributed by atoms with E-state index >= 15 is 0 Å². The van der Waals surface area contributed by atoms with E-state index in [0.717, 1.165) is 30.8 Å². The largest absolute Gasteiger partial charge is 0.338 e. The molecule has 0 aliphatic heterocycles. The van der Waals surface area contributed by atoms with Gasteiger partial charge in [-0.2, -0.15) is 4.98 Å². The molecule has 8 heteroatoms. The molecule has 0 spiro atoms. The van der Waals surface area contributed by atoms with Crippen LogP contribution in [0.2, 0.25) is 0 Å². The number of rotatable bonds is 8. The molecule has 2 aromatic heterocycles. The standard InChI is InChI=1S/C15H22N4O3S/c1-5-6-7-12-16-15(22-19-12)11(4)23-10(3)14(20)17-13-8-9(2)18-21-13/h8,10-11H,5-7H2,1-4H3,(H,17,20)/t10-,11+/m0/s1. The SMILES string of the molecule is CCCCc1noc([C@@H](C)S[C@@H](C)C(=O)Nc2cc(C)no2)n1. The van der Waals surface area contributed by atoms with Crippen molar-refractivity contribution >= 4 is 23.6 Å². The summed E-state index contributed by atoms with van der Waals surface area (Å²) in [5.41, 5.74) is 0.722. The van der Waals surface area contributed by atoms with Gasteiger partial charge in [0.2, 0.25) is 17.7 Å². The zero-order valence-electron chi connectivity index (χ0n) is 13.8. The van der Waals surface area contributed by atoms with Crippen LogP contribution in [0.1, 0.15) is 56.3 Å². The lowest BCUT2D eigenvalue weighted by molar-refractivity contribution is -0.115. The van der Waals surface area contributed by atoms with Gasteiger partial charge >= 0.3 is 0 Å². The van der Waals surface area contributed by atoms with Crippen molar-refractivity contribution in [3.63, 3.8) is 0 Å². The molecule has 0 aromatic carbocycles. The maximum absolute atomic E-state index is 12.1. The van der Waals surface area contributed by atoms with Crippen molar-refractivity contribution in [2.45, 2.75) is 57.5 Å². The lowest BCUT2D eigenvalue weighted by atomic mass is 10.2. The van der Waals surface area contributed by atoms with Gasteiger partial charge in [-0.25, -0.2) is 0 Å². The highest BCUT2D eigenvalue weighted by Gasteiger charge is 2.22. The van der Waals surface area contributed by atoms with E-state index in [0.29, 0.717) is 11.8 Å². The van der Waals surface area contributed by atoms with Crippen LogP contribution in [0.3, 0.4) is 0 Å². The number of aromatic nitrogens is 3. The summed E-state index contributed by atoms with van der Waals surface area (Å²) in [6.45, 7) is 7.69. The van der Waals surface area contributed by atoms with Crippen molar-refractivity contribution in [3.05, 3.63) is 23.5 Å². The zero-order chi connectivity index (χ0) is 16.8. The van der Waals surface area contributed by atoms with Crippen molar-refractivity contribution in [1.82, 2.24) is 15.3 Å². The average molecular weight is 338 g/mol. The minimum absolute atomic E-state index is 0.0601. The van der Waals surface area contributed by atoms with Gasteiger partial charge < -0.3 is 9.05 Å². The Balaban J connectivity index is 1.87. The topological polar surface area (TPSA) is 94.1 Å². The molecule has 0 saturated carbocycles. The quantitative estimate of drug-likeness (QED) is 0.786. The highest BCUT2D eigenvalue weighted by atomic mass is 32.2. The number of nitrogens with one attached hydrogen (secondary N) is 1. The van der Waals surface area contributed by atoms with Gasteiger partial charge in [-0.1, -0.05) is 23.7 Å². The summed E-state index contributed by atoms with van der Waals surface area (Å²) >= 11 is 1.45. The van der Waals surface area contributed by atoms with Gasteiger partial charge in [-0.3, -0.25) is 10.1 Å². The summed E-state index contributed by atoms with van der Waals surface area (Å²) in [6.07, 6.45) is 2.95. The molecule has 1 N–H and O–H groups in total. The smallest absolute Gasteiger partial charge is 0.239 e. The summed E-state index contributed by atoms with van der Waals surface area (Å²) in [6, 6.07) is 1.68. The Hall–Kier alpha value is -1.83. The second kappa shape index (κ2) is 8.14. The van der Waals surface area contributed by atoms with Crippen molar-refractivity contribution in [2.24, 2.45) is 0 Å². The molecule has 2 rings (SSSR count). The first-order valence-corrected chi connectivity index (χ1v) is 8.66. The van der Waals surface area contributed by atoms with E-state index in [2.05, 4.69) is 27.5 Å². The second-order valence-corrected chi connectivity index (χ2v) is 7.08. The van der Waals surface area contributed by atoms with Crippen molar-refractivity contribution in [2.75, 3.05) is 5.32 Å². The van der Waals surface area contributed by atoms with Crippen LogP contribution in [0.5, 0.6) is 0 Å². The number of nitrogens with zero attached hydrogens (tertiary/aromatic N) is 3. The van der Waals surface area contributed by atoms with Crippen molar-refractivity contribution < 1.29 is 13.8 Å². The van der Waals surface area contributed by atoms with Gasteiger partial charge in [0, 0.05) is 12.5 Å². The molecule has 7 nitrogen and oxygen atoms in total. The van der Waals surface area contributed by atoms with Crippen LogP contribution in [0.25, 0.3) is 0 Å². The first kappa shape index (κ1) is 17.5. The Bertz CT molecular complexity index is 640. The molecule has 0 unspecified atom stereocenters. The third kappa shape index (κ3) is 5.09. The molecule has 0 aliphatic rings. The fourth-order valence-electron chi connectivity index (χ4n) is 1.94. The van der Waals surface area contributed by atoms with Gasteiger partial charge in [0.05, 0.1) is 16.2 Å². The van der Waals surface area contributed by atoms with E-state index in [1.807, 2.05) is 13.8 Å². The first-order chi connectivity index (χ1) is 11.0. The van der Waals surface area contributed by atoms with Gasteiger partial charge in [-0.05, 0) is 27.2 Å². The maximum Gasteiger partial charge on any atom is 0.239 e. The zero-order valence-corrected chi connectivity index (χ0v) is 14.6. The molecule has 0 radical (unpaired) electrons. The molecule has 0 fully saturated rings. The Morgan fingerprint density at radius 2 is 2.13 bits per heavy atom. The van der Waals surface area contributed by atoms with Gasteiger partial charge in [0.15, 0.2) is 5.82 Å². The first-order valence-electron chi connectivity index (χ1n) is 7.71. The monoisotopic (exact) mass is 338 g/mol. The number of carbonyl (C=O) groups excluding carboxylic acids is 1. The highest BCUT2D eigenvalue weighted by Crippen LogP contribution is 2.31. The van der Waals surface area contributed by atoms with Crippen molar-refractivity contribution in [3.8, 4) is 0 Å². The van der Waals surface area contributed by atoms with Crippen LogP contribution in [-0.2, 0) is 11.2 Å². The summed E-state index contributed by atoms with van der Waals surface area (Å²) in [4.78, 5) is 16.5. The van der Waals surface area contributed by atoms with Crippen molar-refractivity contribution in [1.29, 1.82) is 0 Å². The van der Waals surface area contributed by atoms with E-state index in [9.17, 15) is 4.79 Å². The number of aryl methyl sites for hydroxylation is 2. The van der Waals surface area contributed by atoms with Crippen LogP contribution < -0.4 is 5.32 Å². The van der Waals surface area contributed by atoms with E-state index in [1.165, 1.54) is 11.8 Å². The van der Waals surface area contributed by atoms with Crippen LogP contribution in [0, 0.1) is 6.92 Å². The molecule has 0 aliphatic carbocycles. The third-order valence-electron chi connectivity index (χ3n) is 3.24. The van der Waals surface area contributed by atoms with E-state index < -0.39 is 0 Å². The van der Waals surface area contributed by atoms with Gasteiger partial charge in [0.1, 0.15) is 0 Å². The van der Waals surface area contributed by atoms with E-state index in [-0.39, 0.29) is 16.4 Å². The fourth-order valence-corrected chi connectivity index (χ4v) is 2.95. The Morgan fingerprint density at radius 1 is 1.35 bits per heavy atom. The summed E-state index contributed by atoms with van der Waals surface area (Å²) in [5, 5.41) is 10.1. The normalized spacial score (nSPS) is 13.7. The predicted molar refractivity (Wildman–Crippen MR) is 88.2 cm³/mol. The number of hydrogen-bond donors (Lipinski definition) is 1. The lowest BCUT2D eigenvalue weighted by Gasteiger charge is -2.13. The Morgan fingerprint density at radius 3 is 2.78 bits per heavy atom. The molecule has 2 heterocycles. The van der Waals surface area contributed by atoms with Crippen LogP contribution in [-0.4, -0.2) is 26.5 Å². The predicted octanol–water partition coefficient (Wildman–Crippen LogP) is 3.53. The number of hydrogen-bond acceptors (Lipinski definition) is 7. The molecular formula is C15H22N4O3S. The van der Waals surface area contributed by atoms with Crippen LogP contribution in [0.4, 0.5) is 5.88 Å². The Labute approximate surface area is 139 Å². The second-order valence-electron chi connectivity index (χ2n) is 5.39. The molecule has 0 bridgehead atoms. The summed E-state index contributed by atoms with van der Waals surface area (Å²) in [7, 11) is 0. The highest BCUT2D eigenvalue weighted by molar-refractivity contribution is 8.00. The number of carbonyl (C=O) groups is 1. The molecule has 23 heavy (non-hydrogen) atoms. The molecule has 2 aromatic rings. The van der Waals surface area contributed by atoms with Gasteiger partial charge in [-0.15, -0.1) is 11.8 Å². The fraction of sp³-hybridized carbons (Fsp3) is 0.600. The number of unbranched alkanes of at least 4 members (excludes halogenated alkanes) is 1. The van der Waals surface area contributed by atoms with Gasteiger partial charge in [0.25, 0.3) is 0 Å².